The first-order chi connectivity index (χ1) is 9.76. The van der Waals surface area contributed by atoms with Gasteiger partial charge in [-0.1, -0.05) is 59.7 Å². The summed E-state index contributed by atoms with van der Waals surface area (Å²) < 4.78 is 0. The van der Waals surface area contributed by atoms with Crippen molar-refractivity contribution in [3.63, 3.8) is 0 Å². The summed E-state index contributed by atoms with van der Waals surface area (Å²) in [7, 11) is 13.4. The Morgan fingerprint density at radius 2 is 1.15 bits per heavy atom. The zero-order valence-electron chi connectivity index (χ0n) is 11.5. The molecule has 5 heteroatoms. The summed E-state index contributed by atoms with van der Waals surface area (Å²) in [5, 5.41) is 8.58. The van der Waals surface area contributed by atoms with E-state index in [9.17, 15) is 0 Å². The summed E-state index contributed by atoms with van der Waals surface area (Å²) in [6, 6.07) is 16.5. The van der Waals surface area contributed by atoms with E-state index in [4.69, 9.17) is 18.6 Å². The van der Waals surface area contributed by atoms with Crippen molar-refractivity contribution in [1.82, 2.24) is 0 Å². The Hall–Kier alpha value is -0.666. The van der Waals surface area contributed by atoms with Gasteiger partial charge in [0.2, 0.25) is 0 Å². The van der Waals surface area contributed by atoms with Crippen LogP contribution in [-0.4, -0.2) is 14.1 Å². The molecule has 106 valence electrons. The van der Waals surface area contributed by atoms with Crippen LogP contribution < -0.4 is 0 Å². The second kappa shape index (κ2) is 10.1. The van der Waals surface area contributed by atoms with Crippen LogP contribution >= 0.6 is 18.6 Å². The van der Waals surface area contributed by atoms with Crippen LogP contribution in [0.15, 0.2) is 48.5 Å². The predicted octanol–water partition coefficient (Wildman–Crippen LogP) is 5.92. The van der Waals surface area contributed by atoms with Crippen molar-refractivity contribution < 1.29 is 17.0 Å². The minimum atomic E-state index is -0.556. The maximum atomic E-state index is 4.89. The van der Waals surface area contributed by atoms with Crippen molar-refractivity contribution in [1.29, 1.82) is 0 Å². The molecular weight excluding hydrogens is 327 g/mol. The van der Waals surface area contributed by atoms with E-state index in [0.29, 0.717) is 0 Å². The molecule has 0 aliphatic carbocycles. The van der Waals surface area contributed by atoms with Gasteiger partial charge in [-0.2, -0.15) is 0 Å². The molecule has 2 rings (SSSR count). The number of hydrogen-bond donors (Lipinski definition) is 0. The normalized spacial score (nSPS) is 9.20. The van der Waals surface area contributed by atoms with Gasteiger partial charge in [-0.05, 0) is 6.42 Å². The Kier molecular flexibility index (Phi) is 8.80. The van der Waals surface area contributed by atoms with E-state index in [1.54, 1.807) is 0 Å². The van der Waals surface area contributed by atoms with Crippen LogP contribution in [0.1, 0.15) is 11.1 Å². The molecule has 0 bridgehead atoms. The third kappa shape index (κ3) is 5.37. The molecule has 0 N–H and O–H groups in total. The fourth-order valence-electron chi connectivity index (χ4n) is 1.96. The Labute approximate surface area is 137 Å². The van der Waals surface area contributed by atoms with Crippen molar-refractivity contribution in [2.75, 3.05) is 14.1 Å². The van der Waals surface area contributed by atoms with E-state index in [0.717, 1.165) is 17.8 Å². The molecule has 0 aliphatic heterocycles. The molecule has 0 saturated heterocycles. The molecule has 0 aliphatic rings. The van der Waals surface area contributed by atoms with Gasteiger partial charge in [0.25, 0.3) is 0 Å². The third-order valence-electron chi connectivity index (χ3n) is 2.85. The number of rotatable bonds is 4. The van der Waals surface area contributed by atoms with Gasteiger partial charge >= 0.3 is 35.6 Å². The van der Waals surface area contributed by atoms with Crippen molar-refractivity contribution in [3.05, 3.63) is 70.3 Å². The fourth-order valence-corrected chi connectivity index (χ4v) is 1.96. The summed E-state index contributed by atoms with van der Waals surface area (Å²) in [5.41, 5.74) is 4.59. The summed E-state index contributed by atoms with van der Waals surface area (Å²) in [4.78, 5) is 0. The van der Waals surface area contributed by atoms with Crippen LogP contribution in [0.25, 0.3) is 10.6 Å². The first-order valence-corrected chi connectivity index (χ1v) is 10.4. The van der Waals surface area contributed by atoms with E-state index < -0.39 is 17.0 Å². The van der Waals surface area contributed by atoms with Gasteiger partial charge in [0.15, 0.2) is 0 Å². The molecule has 2 nitrogen and oxygen atoms in total. The van der Waals surface area contributed by atoms with Gasteiger partial charge < -0.3 is 10.6 Å². The van der Waals surface area contributed by atoms with Crippen LogP contribution in [0.5, 0.6) is 0 Å². The molecule has 0 amide bonds. The average Bonchev–Trinajstić information content (AvgIpc) is 2.49. The van der Waals surface area contributed by atoms with E-state index >= 15 is 0 Å². The molecule has 0 aromatic heterocycles. The zero-order chi connectivity index (χ0) is 14.8. The molecule has 0 fully saturated rings. The SMILES string of the molecule is C[N-]c1ccccc1Cc1ccccc1[N-]C.[Cl][Ti][Cl]. The molecule has 0 radical (unpaired) electrons. The summed E-state index contributed by atoms with van der Waals surface area (Å²) in [5.74, 6) is 0. The second-order valence-electron chi connectivity index (χ2n) is 3.95. The Morgan fingerprint density at radius 1 is 0.800 bits per heavy atom. The van der Waals surface area contributed by atoms with Crippen molar-refractivity contribution in [3.8, 4) is 0 Å². The quantitative estimate of drug-likeness (QED) is 0.616. The van der Waals surface area contributed by atoms with E-state index in [1.165, 1.54) is 11.1 Å². The van der Waals surface area contributed by atoms with Gasteiger partial charge in [-0.3, -0.25) is 0 Å². The molecule has 20 heavy (non-hydrogen) atoms. The Bertz CT molecular complexity index is 475. The van der Waals surface area contributed by atoms with E-state index in [-0.39, 0.29) is 0 Å². The van der Waals surface area contributed by atoms with Crippen molar-refractivity contribution in [2.45, 2.75) is 6.42 Å². The summed E-state index contributed by atoms with van der Waals surface area (Å²) in [6.45, 7) is 0. The summed E-state index contributed by atoms with van der Waals surface area (Å²) >= 11 is -0.556. The van der Waals surface area contributed by atoms with Crippen LogP contribution in [0.4, 0.5) is 11.4 Å². The molecule has 0 spiro atoms. The monoisotopic (exact) mass is 342 g/mol. The topological polar surface area (TPSA) is 28.2 Å². The Morgan fingerprint density at radius 3 is 1.50 bits per heavy atom. The van der Waals surface area contributed by atoms with Gasteiger partial charge in [0.1, 0.15) is 0 Å². The third-order valence-corrected chi connectivity index (χ3v) is 2.85. The Balaban J connectivity index is 0.000000612. The van der Waals surface area contributed by atoms with Crippen molar-refractivity contribution in [2.24, 2.45) is 0 Å². The molecule has 0 atom stereocenters. The van der Waals surface area contributed by atoms with Gasteiger partial charge in [-0.25, -0.2) is 0 Å². The first-order valence-electron chi connectivity index (χ1n) is 6.08. The molecule has 0 unspecified atom stereocenters. The molecule has 0 heterocycles. The van der Waals surface area contributed by atoms with E-state index in [1.807, 2.05) is 38.4 Å². The molecule has 2 aromatic rings. The zero-order valence-corrected chi connectivity index (χ0v) is 14.5. The predicted molar refractivity (Wildman–Crippen MR) is 85.3 cm³/mol. The number of nitrogens with zero attached hydrogens (tertiary/aromatic N) is 2. The molecule has 2 aromatic carbocycles. The maximum absolute atomic E-state index is 4.89. The minimum absolute atomic E-state index is 0.556. The summed E-state index contributed by atoms with van der Waals surface area (Å²) in [6.07, 6.45) is 0.876. The number of para-hydroxylation sites is 2. The fraction of sp³-hybridized carbons (Fsp3) is 0.200. The van der Waals surface area contributed by atoms with Crippen LogP contribution in [0, 0.1) is 0 Å². The number of benzene rings is 2. The van der Waals surface area contributed by atoms with Gasteiger partial charge in [0.05, 0.1) is 0 Å². The van der Waals surface area contributed by atoms with Crippen molar-refractivity contribution >= 4 is 30.0 Å². The number of halogens is 2. The van der Waals surface area contributed by atoms with Crippen LogP contribution in [-0.2, 0) is 23.5 Å². The molecular formula is C15H16Cl2N2Ti-2. The van der Waals surface area contributed by atoms with E-state index in [2.05, 4.69) is 34.9 Å². The standard InChI is InChI=1S/C15H16N2.2ClH.Ti/c1-16-14-9-5-3-7-12(14)11-13-8-4-6-10-15(13)17-2;;;/h3-10H,11H2,1-2H3;2*1H;/q-2;;;+2/p-2. The number of hydrogen-bond acceptors (Lipinski definition) is 0. The first kappa shape index (κ1) is 17.4. The van der Waals surface area contributed by atoms with Gasteiger partial charge in [-0.15, -0.1) is 25.5 Å². The second-order valence-corrected chi connectivity index (χ2v) is 6.53. The van der Waals surface area contributed by atoms with Crippen LogP contribution in [0.2, 0.25) is 0 Å². The molecule has 0 saturated carbocycles. The van der Waals surface area contributed by atoms with Gasteiger partial charge in [0, 0.05) is 0 Å². The van der Waals surface area contributed by atoms with Crippen LogP contribution in [0.3, 0.4) is 0 Å². The average molecular weight is 343 g/mol.